The number of hydrogen-bond acceptors (Lipinski definition) is 6. The van der Waals surface area contributed by atoms with Crippen LogP contribution in [0.2, 0.25) is 0 Å². The zero-order valence-corrected chi connectivity index (χ0v) is 17.8. The second-order valence-electron chi connectivity index (χ2n) is 7.13. The van der Waals surface area contributed by atoms with Crippen LogP contribution < -0.4 is 10.1 Å². The van der Waals surface area contributed by atoms with E-state index in [1.54, 1.807) is 31.5 Å². The number of hydrogen-bond donors (Lipinski definition) is 2. The van der Waals surface area contributed by atoms with Gasteiger partial charge in [0.25, 0.3) is 0 Å². The molecule has 1 aromatic heterocycles. The molecule has 1 aliphatic rings. The van der Waals surface area contributed by atoms with Gasteiger partial charge in [0.15, 0.2) is 0 Å². The summed E-state index contributed by atoms with van der Waals surface area (Å²) in [5.41, 5.74) is 1.72. The standard InChI is InChI=1S/C22H25NO6S/c1-3-29-22(27)18-17(13-8-10-14(28-2)11-9-13)12-30-20(18)23-19(24)15-6-4-5-7-16(15)21(25)26/h8-12,15-16H,3-7H2,1-2H3,(H,23,24)(H,25,26)/t15-,16+/m0/s1. The predicted octanol–water partition coefficient (Wildman–Crippen LogP) is 4.43. The maximum absolute atomic E-state index is 12.9. The lowest BCUT2D eigenvalue weighted by Crippen LogP contribution is -2.36. The molecule has 1 amide bonds. The number of benzene rings is 1. The van der Waals surface area contributed by atoms with Crippen molar-refractivity contribution in [3.8, 4) is 16.9 Å². The maximum atomic E-state index is 12.9. The Kier molecular flexibility index (Phi) is 7.10. The van der Waals surface area contributed by atoms with Crippen LogP contribution in [-0.4, -0.2) is 36.7 Å². The fourth-order valence-electron chi connectivity index (χ4n) is 3.78. The van der Waals surface area contributed by atoms with Gasteiger partial charge in [-0.1, -0.05) is 25.0 Å². The minimum atomic E-state index is -0.953. The molecule has 1 saturated carbocycles. The van der Waals surface area contributed by atoms with Crippen molar-refractivity contribution < 1.29 is 29.0 Å². The van der Waals surface area contributed by atoms with Gasteiger partial charge in [-0.3, -0.25) is 9.59 Å². The van der Waals surface area contributed by atoms with E-state index in [1.807, 2.05) is 12.1 Å². The Balaban J connectivity index is 1.92. The van der Waals surface area contributed by atoms with Crippen LogP contribution in [0.3, 0.4) is 0 Å². The van der Waals surface area contributed by atoms with Gasteiger partial charge in [-0.2, -0.15) is 0 Å². The van der Waals surface area contributed by atoms with E-state index in [2.05, 4.69) is 5.32 Å². The maximum Gasteiger partial charge on any atom is 0.341 e. The Labute approximate surface area is 179 Å². The van der Waals surface area contributed by atoms with Crippen LogP contribution in [-0.2, 0) is 14.3 Å². The molecule has 1 heterocycles. The fourth-order valence-corrected chi connectivity index (χ4v) is 4.74. The molecule has 160 valence electrons. The van der Waals surface area contributed by atoms with Crippen molar-refractivity contribution in [1.82, 2.24) is 0 Å². The molecule has 2 N–H and O–H groups in total. The predicted molar refractivity (Wildman–Crippen MR) is 114 cm³/mol. The SMILES string of the molecule is CCOC(=O)c1c(-c2ccc(OC)cc2)csc1NC(=O)[C@H]1CCCC[C@H]1C(=O)O. The third-order valence-electron chi connectivity index (χ3n) is 5.33. The van der Waals surface area contributed by atoms with E-state index in [0.717, 1.165) is 18.4 Å². The number of esters is 1. The average Bonchev–Trinajstić information content (AvgIpc) is 3.17. The van der Waals surface area contributed by atoms with Crippen molar-refractivity contribution in [3.05, 3.63) is 35.2 Å². The molecule has 0 saturated heterocycles. The number of carbonyl (C=O) groups is 3. The summed E-state index contributed by atoms with van der Waals surface area (Å²) in [6.45, 7) is 1.92. The molecule has 2 atom stereocenters. The summed E-state index contributed by atoms with van der Waals surface area (Å²) in [6.07, 6.45) is 2.62. The molecule has 3 rings (SSSR count). The van der Waals surface area contributed by atoms with E-state index in [1.165, 1.54) is 11.3 Å². The van der Waals surface area contributed by atoms with Gasteiger partial charge < -0.3 is 19.9 Å². The lowest BCUT2D eigenvalue weighted by Gasteiger charge is -2.27. The van der Waals surface area contributed by atoms with Crippen LogP contribution in [0.25, 0.3) is 11.1 Å². The van der Waals surface area contributed by atoms with Crippen molar-refractivity contribution >= 4 is 34.2 Å². The molecule has 7 nitrogen and oxygen atoms in total. The minimum absolute atomic E-state index is 0.202. The van der Waals surface area contributed by atoms with Gasteiger partial charge in [0.05, 0.1) is 25.6 Å². The number of methoxy groups -OCH3 is 1. The lowest BCUT2D eigenvalue weighted by atomic mass is 9.79. The van der Waals surface area contributed by atoms with Crippen LogP contribution in [0, 0.1) is 11.8 Å². The van der Waals surface area contributed by atoms with Gasteiger partial charge in [0.1, 0.15) is 16.3 Å². The summed E-state index contributed by atoms with van der Waals surface area (Å²) in [5, 5.41) is 14.4. The van der Waals surface area contributed by atoms with Gasteiger partial charge in [-0.25, -0.2) is 4.79 Å². The van der Waals surface area contributed by atoms with Gasteiger partial charge in [0.2, 0.25) is 5.91 Å². The number of carbonyl (C=O) groups excluding carboxylic acids is 2. The number of nitrogens with one attached hydrogen (secondary N) is 1. The van der Waals surface area contributed by atoms with E-state index in [0.29, 0.717) is 29.2 Å². The molecule has 0 unspecified atom stereocenters. The van der Waals surface area contributed by atoms with E-state index in [9.17, 15) is 19.5 Å². The Hall–Kier alpha value is -2.87. The molecule has 0 radical (unpaired) electrons. The molecule has 0 spiro atoms. The smallest absolute Gasteiger partial charge is 0.341 e. The van der Waals surface area contributed by atoms with Crippen molar-refractivity contribution in [1.29, 1.82) is 0 Å². The molecule has 0 aliphatic heterocycles. The number of aliphatic carboxylic acids is 1. The molecule has 0 bridgehead atoms. The van der Waals surface area contributed by atoms with Crippen LogP contribution in [0.15, 0.2) is 29.6 Å². The minimum Gasteiger partial charge on any atom is -0.497 e. The lowest BCUT2D eigenvalue weighted by molar-refractivity contribution is -0.147. The summed E-state index contributed by atoms with van der Waals surface area (Å²) in [6, 6.07) is 7.24. The van der Waals surface area contributed by atoms with E-state index in [-0.39, 0.29) is 18.1 Å². The van der Waals surface area contributed by atoms with E-state index < -0.39 is 23.8 Å². The summed E-state index contributed by atoms with van der Waals surface area (Å²) in [5.74, 6) is -2.47. The third kappa shape index (κ3) is 4.64. The molecule has 1 aliphatic carbocycles. The number of amides is 1. The molecule has 30 heavy (non-hydrogen) atoms. The summed E-state index contributed by atoms with van der Waals surface area (Å²) in [7, 11) is 1.58. The van der Waals surface area contributed by atoms with E-state index >= 15 is 0 Å². The Morgan fingerprint density at radius 3 is 2.40 bits per heavy atom. The number of rotatable bonds is 7. The van der Waals surface area contributed by atoms with Crippen molar-refractivity contribution in [2.45, 2.75) is 32.6 Å². The average molecular weight is 432 g/mol. The van der Waals surface area contributed by atoms with Crippen LogP contribution in [0.1, 0.15) is 43.0 Å². The first kappa shape index (κ1) is 21.8. The monoisotopic (exact) mass is 431 g/mol. The molecule has 1 aromatic carbocycles. The zero-order chi connectivity index (χ0) is 21.7. The van der Waals surface area contributed by atoms with Gasteiger partial charge in [-0.05, 0) is 37.5 Å². The Morgan fingerprint density at radius 2 is 1.80 bits per heavy atom. The van der Waals surface area contributed by atoms with Gasteiger partial charge >= 0.3 is 11.9 Å². The number of thiophene rings is 1. The fraction of sp³-hybridized carbons (Fsp3) is 0.409. The second kappa shape index (κ2) is 9.75. The third-order valence-corrected chi connectivity index (χ3v) is 6.22. The zero-order valence-electron chi connectivity index (χ0n) is 17.0. The number of anilines is 1. The van der Waals surface area contributed by atoms with Gasteiger partial charge in [-0.15, -0.1) is 11.3 Å². The Bertz CT molecular complexity index is 920. The highest BCUT2D eigenvalue weighted by atomic mass is 32.1. The normalized spacial score (nSPS) is 18.5. The summed E-state index contributed by atoms with van der Waals surface area (Å²) >= 11 is 1.23. The number of ether oxygens (including phenoxy) is 2. The summed E-state index contributed by atoms with van der Waals surface area (Å²) < 4.78 is 10.4. The molecule has 2 aromatic rings. The number of carboxylic acids is 1. The first-order chi connectivity index (χ1) is 14.5. The topological polar surface area (TPSA) is 102 Å². The highest BCUT2D eigenvalue weighted by molar-refractivity contribution is 7.15. The van der Waals surface area contributed by atoms with Crippen LogP contribution in [0.4, 0.5) is 5.00 Å². The molecule has 8 heteroatoms. The first-order valence-electron chi connectivity index (χ1n) is 9.93. The van der Waals surface area contributed by atoms with Crippen molar-refractivity contribution in [2.75, 3.05) is 19.0 Å². The largest absolute Gasteiger partial charge is 0.497 e. The highest BCUT2D eigenvalue weighted by Crippen LogP contribution is 2.38. The molecular weight excluding hydrogens is 406 g/mol. The first-order valence-corrected chi connectivity index (χ1v) is 10.8. The molecular formula is C22H25NO6S. The highest BCUT2D eigenvalue weighted by Gasteiger charge is 2.36. The Morgan fingerprint density at radius 1 is 1.13 bits per heavy atom. The van der Waals surface area contributed by atoms with Crippen LogP contribution >= 0.6 is 11.3 Å². The number of carboxylic acid groups (broad SMARTS) is 1. The van der Waals surface area contributed by atoms with Crippen molar-refractivity contribution in [2.24, 2.45) is 11.8 Å². The quantitative estimate of drug-likeness (QED) is 0.629. The molecule has 1 fully saturated rings. The van der Waals surface area contributed by atoms with Crippen LogP contribution in [0.5, 0.6) is 5.75 Å². The van der Waals surface area contributed by atoms with E-state index in [4.69, 9.17) is 9.47 Å². The summed E-state index contributed by atoms with van der Waals surface area (Å²) in [4.78, 5) is 37.2. The second-order valence-corrected chi connectivity index (χ2v) is 8.01. The van der Waals surface area contributed by atoms with Crippen molar-refractivity contribution in [3.63, 3.8) is 0 Å². The van der Waals surface area contributed by atoms with Gasteiger partial charge in [0, 0.05) is 10.9 Å².